The average molecular weight is 405 g/mol. The van der Waals surface area contributed by atoms with Crippen molar-refractivity contribution in [3.8, 4) is 23.0 Å². The van der Waals surface area contributed by atoms with Gasteiger partial charge < -0.3 is 0 Å². The lowest BCUT2D eigenvalue weighted by Crippen LogP contribution is -1.89. The van der Waals surface area contributed by atoms with E-state index in [1.165, 1.54) is 11.1 Å². The van der Waals surface area contributed by atoms with Crippen molar-refractivity contribution in [2.75, 3.05) is 0 Å². The Morgan fingerprint density at radius 2 is 1.48 bits per heavy atom. The van der Waals surface area contributed by atoms with Crippen LogP contribution in [-0.4, -0.2) is 0 Å². The minimum absolute atomic E-state index is 0.184. The van der Waals surface area contributed by atoms with Gasteiger partial charge in [-0.2, -0.15) is 0 Å². The van der Waals surface area contributed by atoms with E-state index in [9.17, 15) is 0 Å². The quantitative estimate of drug-likeness (QED) is 0.236. The first kappa shape index (κ1) is 20.6. The summed E-state index contributed by atoms with van der Waals surface area (Å²) in [5.41, 5.74) is 5.91. The molecular weight excluding hydrogens is 379 g/mol. The molecule has 0 N–H and O–H groups in total. The summed E-state index contributed by atoms with van der Waals surface area (Å²) in [5.74, 6) is 6.23. The second-order valence-electron chi connectivity index (χ2n) is 7.69. The topological polar surface area (TPSA) is 0 Å². The number of hydrogen-bond acceptors (Lipinski definition) is 0. The zero-order valence-corrected chi connectivity index (χ0v) is 17.8. The fraction of sp³-hybridized carbons (Fsp3) is 0.133. The van der Waals surface area contributed by atoms with E-state index >= 15 is 4.39 Å². The average Bonchev–Trinajstić information content (AvgIpc) is 2.82. The minimum atomic E-state index is -0.184. The van der Waals surface area contributed by atoms with Gasteiger partial charge in [-0.1, -0.05) is 79.4 Å². The summed E-state index contributed by atoms with van der Waals surface area (Å²) in [5, 5.41) is 1.48. The molecule has 152 valence electrons. The van der Waals surface area contributed by atoms with E-state index in [4.69, 9.17) is 0 Å². The highest BCUT2D eigenvalue weighted by molar-refractivity contribution is 5.89. The molecule has 0 aliphatic rings. The first-order valence-electron chi connectivity index (χ1n) is 10.7. The lowest BCUT2D eigenvalue weighted by atomic mass is 9.98. The van der Waals surface area contributed by atoms with Gasteiger partial charge >= 0.3 is 0 Å². The molecule has 4 rings (SSSR count). The van der Waals surface area contributed by atoms with E-state index in [2.05, 4.69) is 49.6 Å². The number of fused-ring (bicyclic) bond motifs is 1. The van der Waals surface area contributed by atoms with Gasteiger partial charge in [-0.05, 0) is 65.6 Å². The van der Waals surface area contributed by atoms with Crippen LogP contribution in [0.2, 0.25) is 0 Å². The van der Waals surface area contributed by atoms with Gasteiger partial charge in [-0.15, -0.1) is 6.58 Å². The van der Waals surface area contributed by atoms with Crippen molar-refractivity contribution in [1.82, 2.24) is 0 Å². The highest BCUT2D eigenvalue weighted by atomic mass is 19.1. The fourth-order valence-electron chi connectivity index (χ4n) is 3.68. The Labute approximate surface area is 184 Å². The van der Waals surface area contributed by atoms with Gasteiger partial charge in [0.05, 0.1) is 0 Å². The SMILES string of the molecule is C=CCCc1ccc(C#Cc2ccc3c(F)c(-c4ccc(CC)cc4)ccc3c2)cc1. The number of aryl methyl sites for hydroxylation is 2. The zero-order chi connectivity index (χ0) is 21.6. The monoisotopic (exact) mass is 404 g/mol. The summed E-state index contributed by atoms with van der Waals surface area (Å²) >= 11 is 0. The van der Waals surface area contributed by atoms with Crippen molar-refractivity contribution in [1.29, 1.82) is 0 Å². The molecule has 0 saturated carbocycles. The van der Waals surface area contributed by atoms with Crippen molar-refractivity contribution in [2.24, 2.45) is 0 Å². The fourth-order valence-corrected chi connectivity index (χ4v) is 3.68. The molecule has 0 aliphatic heterocycles. The van der Waals surface area contributed by atoms with E-state index < -0.39 is 0 Å². The second-order valence-corrected chi connectivity index (χ2v) is 7.69. The van der Waals surface area contributed by atoms with Crippen LogP contribution in [0.4, 0.5) is 4.39 Å². The van der Waals surface area contributed by atoms with Crippen LogP contribution < -0.4 is 0 Å². The third-order valence-corrected chi connectivity index (χ3v) is 5.57. The molecule has 0 amide bonds. The number of rotatable bonds is 5. The maximum absolute atomic E-state index is 15.2. The van der Waals surface area contributed by atoms with E-state index in [1.54, 1.807) is 0 Å². The van der Waals surface area contributed by atoms with Crippen LogP contribution in [0.15, 0.2) is 91.5 Å². The summed E-state index contributed by atoms with van der Waals surface area (Å²) in [6, 6.07) is 25.9. The van der Waals surface area contributed by atoms with Gasteiger partial charge in [0.1, 0.15) is 5.82 Å². The molecule has 0 unspecified atom stereocenters. The molecule has 0 atom stereocenters. The van der Waals surface area contributed by atoms with Gasteiger partial charge in [0, 0.05) is 22.1 Å². The molecule has 0 bridgehead atoms. The van der Waals surface area contributed by atoms with Crippen molar-refractivity contribution >= 4 is 10.8 Å². The summed E-state index contributed by atoms with van der Waals surface area (Å²) < 4.78 is 15.2. The standard InChI is InChI=1S/C30H25F/c1-3-5-6-23-7-9-24(10-8-23)11-12-25-15-19-29-27(21-25)18-20-28(30(29)31)26-16-13-22(4-2)14-17-26/h3,7-10,13-21H,1,4-6H2,2H3. The van der Waals surface area contributed by atoms with Crippen LogP contribution in [0.5, 0.6) is 0 Å². The molecule has 0 saturated heterocycles. The Hall–Kier alpha value is -3.63. The number of benzene rings is 4. The second kappa shape index (κ2) is 9.45. The predicted octanol–water partition coefficient (Wildman–Crippen LogP) is 7.73. The molecule has 0 nitrogen and oxygen atoms in total. The van der Waals surface area contributed by atoms with E-state index in [0.29, 0.717) is 10.9 Å². The van der Waals surface area contributed by atoms with Crippen LogP contribution >= 0.6 is 0 Å². The Morgan fingerprint density at radius 3 is 2.19 bits per heavy atom. The van der Waals surface area contributed by atoms with Gasteiger partial charge in [0.15, 0.2) is 0 Å². The molecule has 4 aromatic carbocycles. The van der Waals surface area contributed by atoms with Crippen LogP contribution in [0.25, 0.3) is 21.9 Å². The van der Waals surface area contributed by atoms with Crippen LogP contribution in [0.1, 0.15) is 35.6 Å². The molecule has 0 aliphatic carbocycles. The van der Waals surface area contributed by atoms with Gasteiger partial charge in [-0.3, -0.25) is 0 Å². The molecule has 0 radical (unpaired) electrons. The molecule has 0 aromatic heterocycles. The predicted molar refractivity (Wildman–Crippen MR) is 130 cm³/mol. The first-order valence-corrected chi connectivity index (χ1v) is 10.7. The third-order valence-electron chi connectivity index (χ3n) is 5.57. The van der Waals surface area contributed by atoms with Crippen molar-refractivity contribution in [3.05, 3.63) is 120 Å². The highest BCUT2D eigenvalue weighted by Gasteiger charge is 2.09. The summed E-state index contributed by atoms with van der Waals surface area (Å²) in [6.45, 7) is 5.88. The maximum Gasteiger partial charge on any atom is 0.138 e. The first-order chi connectivity index (χ1) is 15.2. The largest absolute Gasteiger partial charge is 0.206 e. The Bertz CT molecular complexity index is 1270. The summed E-state index contributed by atoms with van der Waals surface area (Å²) in [7, 11) is 0. The lowest BCUT2D eigenvalue weighted by molar-refractivity contribution is 0.643. The Kier molecular flexibility index (Phi) is 6.29. The zero-order valence-electron chi connectivity index (χ0n) is 17.8. The van der Waals surface area contributed by atoms with Crippen LogP contribution in [-0.2, 0) is 12.8 Å². The van der Waals surface area contributed by atoms with E-state index in [0.717, 1.165) is 41.3 Å². The highest BCUT2D eigenvalue weighted by Crippen LogP contribution is 2.29. The van der Waals surface area contributed by atoms with E-state index in [1.807, 2.05) is 60.7 Å². The molecule has 4 aromatic rings. The van der Waals surface area contributed by atoms with Crippen molar-refractivity contribution < 1.29 is 4.39 Å². The van der Waals surface area contributed by atoms with Gasteiger partial charge in [0.2, 0.25) is 0 Å². The third kappa shape index (κ3) is 4.76. The normalized spacial score (nSPS) is 10.5. The summed E-state index contributed by atoms with van der Waals surface area (Å²) in [4.78, 5) is 0. The molecule has 0 spiro atoms. The molecule has 0 heterocycles. The molecular formula is C30H25F. The van der Waals surface area contributed by atoms with E-state index in [-0.39, 0.29) is 5.82 Å². The number of halogens is 1. The molecule has 0 fully saturated rings. The number of allylic oxidation sites excluding steroid dienone is 1. The van der Waals surface area contributed by atoms with Crippen LogP contribution in [0, 0.1) is 17.7 Å². The summed E-state index contributed by atoms with van der Waals surface area (Å²) in [6.07, 6.45) is 4.88. The van der Waals surface area contributed by atoms with Gasteiger partial charge in [0.25, 0.3) is 0 Å². The lowest BCUT2D eigenvalue weighted by Gasteiger charge is -2.08. The smallest absolute Gasteiger partial charge is 0.138 e. The Morgan fingerprint density at radius 1 is 0.806 bits per heavy atom. The maximum atomic E-state index is 15.2. The number of hydrogen-bond donors (Lipinski definition) is 0. The Balaban J connectivity index is 1.59. The van der Waals surface area contributed by atoms with Crippen LogP contribution in [0.3, 0.4) is 0 Å². The molecule has 31 heavy (non-hydrogen) atoms. The minimum Gasteiger partial charge on any atom is -0.206 e. The van der Waals surface area contributed by atoms with Crippen molar-refractivity contribution in [3.63, 3.8) is 0 Å². The molecule has 1 heteroatoms. The van der Waals surface area contributed by atoms with Crippen molar-refractivity contribution in [2.45, 2.75) is 26.2 Å². The van der Waals surface area contributed by atoms with Gasteiger partial charge in [-0.25, -0.2) is 4.39 Å².